The van der Waals surface area contributed by atoms with Crippen molar-refractivity contribution in [2.24, 2.45) is 0 Å². The van der Waals surface area contributed by atoms with Crippen molar-refractivity contribution in [3.8, 4) is 0 Å². The molecule has 0 amide bonds. The molecule has 0 atom stereocenters. The van der Waals surface area contributed by atoms with Gasteiger partial charge in [-0.15, -0.1) is 0 Å². The molecule has 0 bridgehead atoms. The number of aliphatic hydroxyl groups excluding tert-OH is 1. The molecule has 0 saturated carbocycles. The van der Waals surface area contributed by atoms with Crippen molar-refractivity contribution in [2.45, 2.75) is 40.0 Å². The third-order valence-corrected chi connectivity index (χ3v) is 1.67. The molecule has 0 aromatic carbocycles. The van der Waals surface area contributed by atoms with Crippen LogP contribution in [0.1, 0.15) is 40.0 Å². The van der Waals surface area contributed by atoms with E-state index in [0.29, 0.717) is 5.76 Å². The first kappa shape index (κ1) is 10.3. The molecule has 0 aromatic heterocycles. The molecule has 1 aliphatic rings. The van der Waals surface area contributed by atoms with E-state index in [2.05, 4.69) is 6.92 Å². The minimum Gasteiger partial charge on any atom is -0.512 e. The van der Waals surface area contributed by atoms with Crippen LogP contribution < -0.4 is 0 Å². The molecular formula is C10H18O. The van der Waals surface area contributed by atoms with Crippen LogP contribution in [0, 0.1) is 0 Å². The van der Waals surface area contributed by atoms with E-state index in [1.807, 2.05) is 19.9 Å². The van der Waals surface area contributed by atoms with Gasteiger partial charge in [0, 0.05) is 6.42 Å². The molecule has 0 aromatic rings. The van der Waals surface area contributed by atoms with E-state index in [-0.39, 0.29) is 0 Å². The first-order chi connectivity index (χ1) is 5.33. The fourth-order valence-corrected chi connectivity index (χ4v) is 0.964. The number of aliphatic hydroxyl groups is 1. The highest BCUT2D eigenvalue weighted by Gasteiger charge is 2.01. The van der Waals surface area contributed by atoms with Crippen molar-refractivity contribution in [1.29, 1.82) is 0 Å². The van der Waals surface area contributed by atoms with Gasteiger partial charge in [-0.25, -0.2) is 0 Å². The number of allylic oxidation sites excluding steroid dienone is 4. The van der Waals surface area contributed by atoms with E-state index < -0.39 is 0 Å². The lowest BCUT2D eigenvalue weighted by molar-refractivity contribution is 0.385. The first-order valence-electron chi connectivity index (χ1n) is 4.40. The van der Waals surface area contributed by atoms with Crippen LogP contribution in [0.5, 0.6) is 0 Å². The monoisotopic (exact) mass is 154 g/mol. The van der Waals surface area contributed by atoms with Crippen molar-refractivity contribution in [1.82, 2.24) is 0 Å². The van der Waals surface area contributed by atoms with E-state index in [1.54, 1.807) is 6.08 Å². The normalized spacial score (nSPS) is 15.9. The van der Waals surface area contributed by atoms with Crippen LogP contribution in [0.15, 0.2) is 23.5 Å². The Labute approximate surface area is 69.4 Å². The van der Waals surface area contributed by atoms with Gasteiger partial charge in [-0.2, -0.15) is 0 Å². The molecule has 1 heteroatoms. The minimum absolute atomic E-state index is 0.521. The summed E-state index contributed by atoms with van der Waals surface area (Å²) in [6, 6.07) is 0. The molecule has 1 aliphatic carbocycles. The Balaban J connectivity index is 0.000000461. The van der Waals surface area contributed by atoms with E-state index in [4.69, 9.17) is 5.11 Å². The quantitative estimate of drug-likeness (QED) is 0.612. The van der Waals surface area contributed by atoms with Crippen molar-refractivity contribution in [3.63, 3.8) is 0 Å². The van der Waals surface area contributed by atoms with E-state index in [9.17, 15) is 0 Å². The van der Waals surface area contributed by atoms with Crippen LogP contribution in [0.4, 0.5) is 0 Å². The average Bonchev–Trinajstić information content (AvgIpc) is 2.10. The lowest BCUT2D eigenvalue weighted by atomic mass is 10.0. The van der Waals surface area contributed by atoms with Gasteiger partial charge in [-0.1, -0.05) is 32.4 Å². The Hall–Kier alpha value is -0.720. The Morgan fingerprint density at radius 2 is 1.91 bits per heavy atom. The van der Waals surface area contributed by atoms with E-state index in [1.165, 1.54) is 5.57 Å². The summed E-state index contributed by atoms with van der Waals surface area (Å²) in [5.41, 5.74) is 1.44. The Morgan fingerprint density at radius 1 is 1.27 bits per heavy atom. The van der Waals surface area contributed by atoms with Crippen LogP contribution in [0.25, 0.3) is 0 Å². The molecule has 0 radical (unpaired) electrons. The van der Waals surface area contributed by atoms with Gasteiger partial charge in [-0.3, -0.25) is 0 Å². The largest absolute Gasteiger partial charge is 0.512 e. The molecule has 0 heterocycles. The predicted octanol–water partition coefficient (Wildman–Crippen LogP) is 3.58. The SMILES string of the molecule is CC.CCC1=CC=C(O)CC1. The second kappa shape index (κ2) is 6.02. The van der Waals surface area contributed by atoms with Crippen LogP contribution in [-0.2, 0) is 0 Å². The van der Waals surface area contributed by atoms with Crippen LogP contribution >= 0.6 is 0 Å². The molecule has 0 unspecified atom stereocenters. The highest BCUT2D eigenvalue weighted by Crippen LogP contribution is 2.17. The highest BCUT2D eigenvalue weighted by molar-refractivity contribution is 5.19. The zero-order chi connectivity index (χ0) is 8.69. The van der Waals surface area contributed by atoms with Gasteiger partial charge in [-0.05, 0) is 18.9 Å². The number of rotatable bonds is 1. The van der Waals surface area contributed by atoms with E-state index >= 15 is 0 Å². The molecule has 64 valence electrons. The van der Waals surface area contributed by atoms with Crippen LogP contribution in [0.2, 0.25) is 0 Å². The summed E-state index contributed by atoms with van der Waals surface area (Å²) in [5.74, 6) is 0.521. The molecule has 0 saturated heterocycles. The maximum absolute atomic E-state index is 8.94. The Kier molecular flexibility index (Phi) is 5.63. The van der Waals surface area contributed by atoms with Crippen molar-refractivity contribution in [2.75, 3.05) is 0 Å². The van der Waals surface area contributed by atoms with Crippen molar-refractivity contribution >= 4 is 0 Å². The second-order valence-corrected chi connectivity index (χ2v) is 2.34. The molecule has 1 nitrogen and oxygen atoms in total. The number of hydrogen-bond donors (Lipinski definition) is 1. The molecule has 0 aliphatic heterocycles. The van der Waals surface area contributed by atoms with E-state index in [0.717, 1.165) is 19.3 Å². The fraction of sp³-hybridized carbons (Fsp3) is 0.600. The molecule has 11 heavy (non-hydrogen) atoms. The molecule has 0 fully saturated rings. The Bertz CT molecular complexity index is 154. The summed E-state index contributed by atoms with van der Waals surface area (Å²) in [6.07, 6.45) is 6.80. The van der Waals surface area contributed by atoms with Gasteiger partial charge < -0.3 is 5.11 Å². The summed E-state index contributed by atoms with van der Waals surface area (Å²) < 4.78 is 0. The predicted molar refractivity (Wildman–Crippen MR) is 49.7 cm³/mol. The first-order valence-corrected chi connectivity index (χ1v) is 4.40. The summed E-state index contributed by atoms with van der Waals surface area (Å²) in [4.78, 5) is 0. The summed E-state index contributed by atoms with van der Waals surface area (Å²) in [6.45, 7) is 6.14. The third kappa shape index (κ3) is 3.87. The van der Waals surface area contributed by atoms with Gasteiger partial charge in [0.05, 0.1) is 5.76 Å². The average molecular weight is 154 g/mol. The maximum atomic E-state index is 8.94. The van der Waals surface area contributed by atoms with Gasteiger partial charge >= 0.3 is 0 Å². The molecular weight excluding hydrogens is 136 g/mol. The van der Waals surface area contributed by atoms with Gasteiger partial charge in [0.15, 0.2) is 0 Å². The zero-order valence-corrected chi connectivity index (χ0v) is 7.72. The van der Waals surface area contributed by atoms with Crippen LogP contribution in [-0.4, -0.2) is 5.11 Å². The second-order valence-electron chi connectivity index (χ2n) is 2.34. The fourth-order valence-electron chi connectivity index (χ4n) is 0.964. The van der Waals surface area contributed by atoms with Crippen molar-refractivity contribution < 1.29 is 5.11 Å². The lowest BCUT2D eigenvalue weighted by Crippen LogP contribution is -1.90. The summed E-state index contributed by atoms with van der Waals surface area (Å²) in [7, 11) is 0. The molecule has 1 N–H and O–H groups in total. The van der Waals surface area contributed by atoms with Gasteiger partial charge in [0.2, 0.25) is 0 Å². The topological polar surface area (TPSA) is 20.2 Å². The standard InChI is InChI=1S/C8H12O.C2H6/c1-2-7-3-5-8(9)6-4-7;1-2/h3,5,9H,2,4,6H2,1H3;1-2H3. The lowest BCUT2D eigenvalue weighted by Gasteiger charge is -2.07. The maximum Gasteiger partial charge on any atom is 0.0925 e. The van der Waals surface area contributed by atoms with Crippen molar-refractivity contribution in [3.05, 3.63) is 23.5 Å². The van der Waals surface area contributed by atoms with Gasteiger partial charge in [0.25, 0.3) is 0 Å². The highest BCUT2D eigenvalue weighted by atomic mass is 16.3. The smallest absolute Gasteiger partial charge is 0.0925 e. The Morgan fingerprint density at radius 3 is 2.27 bits per heavy atom. The van der Waals surface area contributed by atoms with Gasteiger partial charge in [0.1, 0.15) is 0 Å². The number of hydrogen-bond acceptors (Lipinski definition) is 1. The molecule has 1 rings (SSSR count). The zero-order valence-electron chi connectivity index (χ0n) is 7.72. The van der Waals surface area contributed by atoms with Crippen LogP contribution in [0.3, 0.4) is 0 Å². The summed E-state index contributed by atoms with van der Waals surface area (Å²) >= 11 is 0. The minimum atomic E-state index is 0.521. The summed E-state index contributed by atoms with van der Waals surface area (Å²) in [5, 5.41) is 8.94. The third-order valence-electron chi connectivity index (χ3n) is 1.67. The molecule has 0 spiro atoms.